The zero-order chi connectivity index (χ0) is 25.3. The number of benzene rings is 2. The number of aromatic nitrogens is 3. The first-order valence-electron chi connectivity index (χ1n) is 10.9. The van der Waals surface area contributed by atoms with Gasteiger partial charge in [0, 0.05) is 18.4 Å². The summed E-state index contributed by atoms with van der Waals surface area (Å²) in [6.45, 7) is 3.02. The van der Waals surface area contributed by atoms with Crippen LogP contribution in [0, 0.1) is 13.8 Å². The van der Waals surface area contributed by atoms with Gasteiger partial charge in [0.15, 0.2) is 5.65 Å². The van der Waals surface area contributed by atoms with E-state index in [0.717, 1.165) is 10.1 Å². The topological polar surface area (TPSA) is 104 Å². The second kappa shape index (κ2) is 9.38. The Bertz CT molecular complexity index is 1570. The van der Waals surface area contributed by atoms with Crippen molar-refractivity contribution in [2.75, 3.05) is 19.1 Å². The number of likely N-dealkylation sites (N-methyl/N-ethyl adjacent to an activating group) is 1. The van der Waals surface area contributed by atoms with Crippen LogP contribution in [0.15, 0.2) is 70.3 Å². The van der Waals surface area contributed by atoms with Crippen LogP contribution >= 0.6 is 0 Å². The van der Waals surface area contributed by atoms with Crippen molar-refractivity contribution in [2.45, 2.75) is 20.4 Å². The summed E-state index contributed by atoms with van der Waals surface area (Å²) in [5.41, 5.74) is 0.893. The lowest BCUT2D eigenvalue weighted by atomic mass is 10.1. The van der Waals surface area contributed by atoms with E-state index in [2.05, 4.69) is 4.98 Å². The molecule has 9 heteroatoms. The van der Waals surface area contributed by atoms with Gasteiger partial charge < -0.3 is 9.64 Å². The number of amides is 1. The number of nitrogens with zero attached hydrogens (tertiary/aromatic N) is 4. The fourth-order valence-electron chi connectivity index (χ4n) is 3.90. The molecule has 0 unspecified atom stereocenters. The number of methoxy groups -OCH3 is 1. The lowest BCUT2D eigenvalue weighted by molar-refractivity contribution is -0.119. The first-order chi connectivity index (χ1) is 16.7. The number of fused-ring (bicyclic) bond motifs is 1. The molecule has 2 aromatic heterocycles. The summed E-state index contributed by atoms with van der Waals surface area (Å²) in [5.74, 6) is -1.22. The summed E-state index contributed by atoms with van der Waals surface area (Å²) < 4.78 is 6.94. The van der Waals surface area contributed by atoms with E-state index in [1.54, 1.807) is 50.4 Å². The number of rotatable bonds is 5. The Labute approximate surface area is 200 Å². The predicted octanol–water partition coefficient (Wildman–Crippen LogP) is 2.61. The number of esters is 1. The van der Waals surface area contributed by atoms with Gasteiger partial charge in [0.25, 0.3) is 5.56 Å². The minimum Gasteiger partial charge on any atom is -0.465 e. The highest BCUT2D eigenvalue weighted by atomic mass is 16.5. The summed E-state index contributed by atoms with van der Waals surface area (Å²) in [6.07, 6.45) is 0. The van der Waals surface area contributed by atoms with Crippen molar-refractivity contribution in [3.05, 3.63) is 98.3 Å². The Morgan fingerprint density at radius 3 is 2.37 bits per heavy atom. The van der Waals surface area contributed by atoms with Gasteiger partial charge in [-0.15, -0.1) is 0 Å². The number of hydrogen-bond acceptors (Lipinski definition) is 6. The maximum atomic E-state index is 13.6. The van der Waals surface area contributed by atoms with Gasteiger partial charge in [0.2, 0.25) is 5.91 Å². The highest BCUT2D eigenvalue weighted by Crippen LogP contribution is 2.19. The number of carbonyl (C=O) groups excluding carboxylic acids is 2. The van der Waals surface area contributed by atoms with E-state index >= 15 is 0 Å². The van der Waals surface area contributed by atoms with Crippen LogP contribution in [-0.2, 0) is 16.1 Å². The Kier molecular flexibility index (Phi) is 6.33. The van der Waals surface area contributed by atoms with Crippen LogP contribution < -0.4 is 16.1 Å². The highest BCUT2D eigenvalue weighted by molar-refractivity contribution is 6.02. The smallest absolute Gasteiger partial charge is 0.338 e. The second-order valence-corrected chi connectivity index (χ2v) is 8.14. The second-order valence-electron chi connectivity index (χ2n) is 8.14. The molecule has 0 aliphatic heterocycles. The first kappa shape index (κ1) is 23.6. The normalized spacial score (nSPS) is 10.9. The number of ether oxygens (including phenoxy) is 1. The number of aryl methyl sites for hydroxylation is 2. The molecular formula is C26H24N4O5. The zero-order valence-corrected chi connectivity index (χ0v) is 19.8. The van der Waals surface area contributed by atoms with Crippen LogP contribution in [0.5, 0.6) is 0 Å². The number of hydrogen-bond donors (Lipinski definition) is 0. The summed E-state index contributed by atoms with van der Waals surface area (Å²) >= 11 is 0. The highest BCUT2D eigenvalue weighted by Gasteiger charge is 2.24. The van der Waals surface area contributed by atoms with E-state index in [9.17, 15) is 19.2 Å². The predicted molar refractivity (Wildman–Crippen MR) is 132 cm³/mol. The van der Waals surface area contributed by atoms with Crippen molar-refractivity contribution in [1.82, 2.24) is 14.1 Å². The van der Waals surface area contributed by atoms with E-state index < -0.39 is 29.7 Å². The average Bonchev–Trinajstić information content (AvgIpc) is 2.85. The summed E-state index contributed by atoms with van der Waals surface area (Å²) in [6, 6.07) is 17.3. The average molecular weight is 473 g/mol. The number of carbonyl (C=O) groups is 2. The van der Waals surface area contributed by atoms with Gasteiger partial charge in [0.1, 0.15) is 6.54 Å². The zero-order valence-electron chi connectivity index (χ0n) is 19.8. The molecular weight excluding hydrogens is 448 g/mol. The van der Waals surface area contributed by atoms with Crippen molar-refractivity contribution in [2.24, 2.45) is 0 Å². The van der Waals surface area contributed by atoms with Crippen LogP contribution in [0.2, 0.25) is 0 Å². The van der Waals surface area contributed by atoms with Crippen molar-refractivity contribution < 1.29 is 14.3 Å². The molecule has 9 nitrogen and oxygen atoms in total. The fraction of sp³-hybridized carbons (Fsp3) is 0.192. The van der Waals surface area contributed by atoms with E-state index in [1.807, 2.05) is 25.1 Å². The number of para-hydroxylation sites is 1. The summed E-state index contributed by atoms with van der Waals surface area (Å²) in [5, 5.41) is -0.100. The van der Waals surface area contributed by atoms with E-state index in [-0.39, 0.29) is 16.6 Å². The van der Waals surface area contributed by atoms with Crippen LogP contribution in [0.25, 0.3) is 16.7 Å². The maximum absolute atomic E-state index is 13.6. The van der Waals surface area contributed by atoms with Crippen LogP contribution in [0.4, 0.5) is 5.69 Å². The Morgan fingerprint density at radius 2 is 1.71 bits per heavy atom. The van der Waals surface area contributed by atoms with Gasteiger partial charge >= 0.3 is 11.7 Å². The third-order valence-electron chi connectivity index (χ3n) is 5.70. The molecule has 0 bridgehead atoms. The Hall–Kier alpha value is -4.53. The molecule has 35 heavy (non-hydrogen) atoms. The van der Waals surface area contributed by atoms with Gasteiger partial charge in [0.05, 0.1) is 23.7 Å². The van der Waals surface area contributed by atoms with Gasteiger partial charge in [-0.2, -0.15) is 0 Å². The van der Waals surface area contributed by atoms with Crippen LogP contribution in [0.1, 0.15) is 21.6 Å². The molecule has 1 amide bonds. The largest absolute Gasteiger partial charge is 0.465 e. The van der Waals surface area contributed by atoms with Gasteiger partial charge in [-0.3, -0.25) is 9.59 Å². The molecule has 0 spiro atoms. The summed E-state index contributed by atoms with van der Waals surface area (Å²) in [4.78, 5) is 58.7. The van der Waals surface area contributed by atoms with Crippen molar-refractivity contribution in [3.63, 3.8) is 0 Å². The standard InChI is InChI=1S/C26H24N4O5/c1-16-9-8-12-19(13-16)28(3)21(31)15-29-24(32)22-20(25(33)35-4)14-17(2)27-23(22)30(26(29)34)18-10-6-5-7-11-18/h5-14H,15H2,1-4H3. The lowest BCUT2D eigenvalue weighted by Gasteiger charge is -2.20. The quantitative estimate of drug-likeness (QED) is 0.414. The van der Waals surface area contributed by atoms with Crippen molar-refractivity contribution in [1.29, 1.82) is 0 Å². The Balaban J connectivity index is 1.98. The van der Waals surface area contributed by atoms with E-state index in [0.29, 0.717) is 17.1 Å². The molecule has 0 saturated carbocycles. The molecule has 2 heterocycles. The van der Waals surface area contributed by atoms with Crippen molar-refractivity contribution >= 4 is 28.6 Å². The third-order valence-corrected chi connectivity index (χ3v) is 5.70. The van der Waals surface area contributed by atoms with Crippen LogP contribution in [0.3, 0.4) is 0 Å². The SMILES string of the molecule is COC(=O)c1cc(C)nc2c1c(=O)n(CC(=O)N(C)c1cccc(C)c1)c(=O)n2-c1ccccc1. The number of pyridine rings is 1. The molecule has 0 atom stereocenters. The molecule has 0 radical (unpaired) electrons. The third kappa shape index (κ3) is 4.35. The minimum atomic E-state index is -0.795. The molecule has 0 fully saturated rings. The molecule has 4 rings (SSSR count). The van der Waals surface area contributed by atoms with E-state index in [4.69, 9.17) is 4.74 Å². The summed E-state index contributed by atoms with van der Waals surface area (Å²) in [7, 11) is 2.78. The molecule has 0 aliphatic carbocycles. The molecule has 4 aromatic rings. The Morgan fingerprint density at radius 1 is 1.00 bits per heavy atom. The first-order valence-corrected chi connectivity index (χ1v) is 10.9. The molecule has 178 valence electrons. The maximum Gasteiger partial charge on any atom is 0.338 e. The molecule has 0 saturated heterocycles. The number of anilines is 1. The van der Waals surface area contributed by atoms with E-state index in [1.165, 1.54) is 22.6 Å². The van der Waals surface area contributed by atoms with Gasteiger partial charge in [-0.1, -0.05) is 30.3 Å². The van der Waals surface area contributed by atoms with Crippen molar-refractivity contribution in [3.8, 4) is 5.69 Å². The van der Waals surface area contributed by atoms with Gasteiger partial charge in [-0.05, 0) is 49.7 Å². The minimum absolute atomic E-state index is 0.0161. The molecule has 0 aliphatic rings. The molecule has 0 N–H and O–H groups in total. The lowest BCUT2D eigenvalue weighted by Crippen LogP contribution is -2.44. The molecule has 2 aromatic carbocycles. The van der Waals surface area contributed by atoms with Gasteiger partial charge in [-0.25, -0.2) is 23.7 Å². The fourth-order valence-corrected chi connectivity index (χ4v) is 3.90. The monoisotopic (exact) mass is 472 g/mol. The van der Waals surface area contributed by atoms with Crippen LogP contribution in [-0.4, -0.2) is 40.2 Å².